The Morgan fingerprint density at radius 3 is 2.88 bits per heavy atom. The van der Waals surface area contributed by atoms with Crippen LogP contribution in [-0.4, -0.2) is 10.2 Å². The van der Waals surface area contributed by atoms with Crippen molar-refractivity contribution in [2.45, 2.75) is 33.4 Å². The zero-order valence-electron chi connectivity index (χ0n) is 9.87. The van der Waals surface area contributed by atoms with Crippen LogP contribution in [0.25, 0.3) is 0 Å². The van der Waals surface area contributed by atoms with Crippen molar-refractivity contribution < 1.29 is 4.42 Å². The van der Waals surface area contributed by atoms with E-state index in [9.17, 15) is 0 Å². The van der Waals surface area contributed by atoms with Gasteiger partial charge >= 0.3 is 0 Å². The van der Waals surface area contributed by atoms with Gasteiger partial charge in [-0.1, -0.05) is 0 Å². The van der Waals surface area contributed by atoms with Gasteiger partial charge in [0.15, 0.2) is 0 Å². The maximum atomic E-state index is 5.44. The summed E-state index contributed by atoms with van der Waals surface area (Å²) >= 11 is 0. The average molecular weight is 219 g/mol. The third-order valence-electron chi connectivity index (χ3n) is 2.83. The number of aromatic amines is 1. The topological polar surface area (TPSA) is 53.9 Å². The van der Waals surface area contributed by atoms with E-state index in [1.54, 1.807) is 6.26 Å². The van der Waals surface area contributed by atoms with Crippen LogP contribution in [-0.2, 0) is 6.54 Å². The minimum absolute atomic E-state index is 0.212. The molecule has 0 aromatic carbocycles. The summed E-state index contributed by atoms with van der Waals surface area (Å²) in [5.74, 6) is 1.00. The Morgan fingerprint density at radius 2 is 2.31 bits per heavy atom. The summed E-state index contributed by atoms with van der Waals surface area (Å²) in [6, 6.07) is 2.20. The van der Waals surface area contributed by atoms with Crippen LogP contribution in [0.3, 0.4) is 0 Å². The van der Waals surface area contributed by atoms with Crippen molar-refractivity contribution in [2.24, 2.45) is 0 Å². The lowest BCUT2D eigenvalue weighted by molar-refractivity contribution is 0.427. The highest BCUT2D eigenvalue weighted by Gasteiger charge is 2.11. The predicted molar refractivity (Wildman–Crippen MR) is 62.0 cm³/mol. The molecule has 1 atom stereocenters. The number of nitrogens with one attached hydrogen (secondary N) is 2. The van der Waals surface area contributed by atoms with Crippen LogP contribution < -0.4 is 5.32 Å². The zero-order chi connectivity index (χ0) is 11.5. The lowest BCUT2D eigenvalue weighted by atomic mass is 10.1. The minimum Gasteiger partial charge on any atom is -0.467 e. The highest BCUT2D eigenvalue weighted by atomic mass is 16.3. The Balaban J connectivity index is 1.97. The number of H-pyrrole nitrogens is 1. The first-order valence-corrected chi connectivity index (χ1v) is 5.44. The van der Waals surface area contributed by atoms with Crippen molar-refractivity contribution in [3.63, 3.8) is 0 Å². The number of rotatable bonds is 4. The molecule has 1 unspecified atom stereocenters. The van der Waals surface area contributed by atoms with Gasteiger partial charge in [-0.3, -0.25) is 5.10 Å². The Bertz CT molecular complexity index is 458. The van der Waals surface area contributed by atoms with E-state index in [-0.39, 0.29) is 6.04 Å². The Morgan fingerprint density at radius 1 is 1.50 bits per heavy atom. The number of nitrogens with zero attached hydrogens (tertiary/aromatic N) is 1. The van der Waals surface area contributed by atoms with Gasteiger partial charge in [-0.2, -0.15) is 5.10 Å². The van der Waals surface area contributed by atoms with E-state index in [1.807, 2.05) is 19.2 Å². The zero-order valence-corrected chi connectivity index (χ0v) is 9.87. The summed E-state index contributed by atoms with van der Waals surface area (Å²) in [4.78, 5) is 0. The summed E-state index contributed by atoms with van der Waals surface area (Å²) in [7, 11) is 0. The molecule has 0 radical (unpaired) electrons. The SMILES string of the molecule is Cc1ccoc1C(C)NCc1cn[nH]c1C. The molecule has 2 heterocycles. The largest absolute Gasteiger partial charge is 0.467 e. The molecule has 0 aliphatic heterocycles. The summed E-state index contributed by atoms with van der Waals surface area (Å²) in [6.07, 6.45) is 3.58. The smallest absolute Gasteiger partial charge is 0.123 e. The Labute approximate surface area is 95.1 Å². The standard InChI is InChI=1S/C12H17N3O/c1-8-4-5-16-12(8)10(3)13-6-11-7-14-15-9(11)2/h4-5,7,10,13H,6H2,1-3H3,(H,14,15). The molecule has 4 heteroatoms. The summed E-state index contributed by atoms with van der Waals surface area (Å²) in [5.41, 5.74) is 3.48. The maximum absolute atomic E-state index is 5.44. The highest BCUT2D eigenvalue weighted by molar-refractivity contribution is 5.19. The molecule has 86 valence electrons. The second kappa shape index (κ2) is 4.53. The molecule has 0 aliphatic carbocycles. The fourth-order valence-electron chi connectivity index (χ4n) is 1.74. The molecule has 2 N–H and O–H groups in total. The van der Waals surface area contributed by atoms with E-state index in [4.69, 9.17) is 4.42 Å². The molecule has 0 fully saturated rings. The van der Waals surface area contributed by atoms with Gasteiger partial charge in [0.05, 0.1) is 18.5 Å². The molecular weight excluding hydrogens is 202 g/mol. The molecule has 16 heavy (non-hydrogen) atoms. The van der Waals surface area contributed by atoms with Gasteiger partial charge in [0.25, 0.3) is 0 Å². The van der Waals surface area contributed by atoms with Crippen molar-refractivity contribution in [3.05, 3.63) is 41.1 Å². The van der Waals surface area contributed by atoms with Crippen LogP contribution in [0.2, 0.25) is 0 Å². The predicted octanol–water partition coefficient (Wildman–Crippen LogP) is 2.47. The van der Waals surface area contributed by atoms with Crippen LogP contribution in [0.15, 0.2) is 22.9 Å². The van der Waals surface area contributed by atoms with Crippen molar-refractivity contribution in [3.8, 4) is 0 Å². The average Bonchev–Trinajstić information content (AvgIpc) is 2.84. The molecule has 2 aromatic rings. The summed E-state index contributed by atoms with van der Waals surface area (Å²) < 4.78 is 5.44. The van der Waals surface area contributed by atoms with Crippen molar-refractivity contribution in [1.29, 1.82) is 0 Å². The van der Waals surface area contributed by atoms with Gasteiger partial charge in [-0.05, 0) is 32.4 Å². The van der Waals surface area contributed by atoms with Crippen LogP contribution in [0.1, 0.15) is 35.5 Å². The number of hydrogen-bond acceptors (Lipinski definition) is 3. The maximum Gasteiger partial charge on any atom is 0.123 e. The fraction of sp³-hybridized carbons (Fsp3) is 0.417. The molecule has 2 rings (SSSR count). The number of aromatic nitrogens is 2. The number of aryl methyl sites for hydroxylation is 2. The van der Waals surface area contributed by atoms with Gasteiger partial charge in [0, 0.05) is 17.8 Å². The van der Waals surface area contributed by atoms with Crippen LogP contribution >= 0.6 is 0 Å². The molecule has 0 saturated heterocycles. The van der Waals surface area contributed by atoms with E-state index in [0.29, 0.717) is 0 Å². The van der Waals surface area contributed by atoms with Gasteiger partial charge in [-0.15, -0.1) is 0 Å². The van der Waals surface area contributed by atoms with Gasteiger partial charge in [0.1, 0.15) is 5.76 Å². The monoisotopic (exact) mass is 219 g/mol. The first-order chi connectivity index (χ1) is 7.68. The third kappa shape index (κ3) is 2.17. The van der Waals surface area contributed by atoms with Gasteiger partial charge in [-0.25, -0.2) is 0 Å². The van der Waals surface area contributed by atoms with Crippen LogP contribution in [0.5, 0.6) is 0 Å². The Kier molecular flexibility index (Phi) is 3.10. The summed E-state index contributed by atoms with van der Waals surface area (Å²) in [6.45, 7) is 6.97. The second-order valence-corrected chi connectivity index (χ2v) is 4.09. The van der Waals surface area contributed by atoms with Crippen LogP contribution in [0, 0.1) is 13.8 Å². The molecule has 0 aliphatic rings. The molecule has 0 amide bonds. The molecule has 4 nitrogen and oxygen atoms in total. The van der Waals surface area contributed by atoms with Crippen LogP contribution in [0.4, 0.5) is 0 Å². The molecule has 2 aromatic heterocycles. The lowest BCUT2D eigenvalue weighted by Crippen LogP contribution is -2.18. The highest BCUT2D eigenvalue weighted by Crippen LogP contribution is 2.18. The van der Waals surface area contributed by atoms with E-state index >= 15 is 0 Å². The molecule has 0 bridgehead atoms. The minimum atomic E-state index is 0.212. The van der Waals surface area contributed by atoms with E-state index in [0.717, 1.165) is 18.0 Å². The van der Waals surface area contributed by atoms with E-state index in [2.05, 4.69) is 29.4 Å². The van der Waals surface area contributed by atoms with Gasteiger partial charge in [0.2, 0.25) is 0 Å². The van der Waals surface area contributed by atoms with E-state index < -0.39 is 0 Å². The molecule has 0 saturated carbocycles. The number of hydrogen-bond donors (Lipinski definition) is 2. The Hall–Kier alpha value is -1.55. The van der Waals surface area contributed by atoms with Gasteiger partial charge < -0.3 is 9.73 Å². The quantitative estimate of drug-likeness (QED) is 0.830. The first-order valence-electron chi connectivity index (χ1n) is 5.44. The van der Waals surface area contributed by atoms with Crippen molar-refractivity contribution >= 4 is 0 Å². The molecule has 0 spiro atoms. The van der Waals surface area contributed by atoms with Crippen molar-refractivity contribution in [2.75, 3.05) is 0 Å². The fourth-order valence-corrected chi connectivity index (χ4v) is 1.74. The first kappa shape index (κ1) is 11.0. The number of furan rings is 1. The normalized spacial score (nSPS) is 12.9. The third-order valence-corrected chi connectivity index (χ3v) is 2.83. The lowest BCUT2D eigenvalue weighted by Gasteiger charge is -2.11. The second-order valence-electron chi connectivity index (χ2n) is 4.09. The molecular formula is C12H17N3O. The van der Waals surface area contributed by atoms with Crippen molar-refractivity contribution in [1.82, 2.24) is 15.5 Å². The van der Waals surface area contributed by atoms with E-state index in [1.165, 1.54) is 11.1 Å². The summed E-state index contributed by atoms with van der Waals surface area (Å²) in [5, 5.41) is 10.3.